The Hall–Kier alpha value is -0.220. The molecule has 4 heteroatoms. The third-order valence-corrected chi connectivity index (χ3v) is 0.946. The van der Waals surface area contributed by atoms with E-state index in [4.69, 9.17) is 10.2 Å². The number of carbonyl (C=O) groups is 1. The molecule has 2 N–H and O–H groups in total. The van der Waals surface area contributed by atoms with E-state index in [0.717, 1.165) is 0 Å². The van der Waals surface area contributed by atoms with Gasteiger partial charge in [-0.2, -0.15) is 12.6 Å². The number of rotatable bonds is 3. The maximum Gasteiger partial charge on any atom is 0.332 e. The Bertz CT molecular complexity index is 83.4. The van der Waals surface area contributed by atoms with Crippen molar-refractivity contribution in [3.05, 3.63) is 0 Å². The van der Waals surface area contributed by atoms with E-state index < -0.39 is 12.1 Å². The first-order valence-corrected chi connectivity index (χ1v) is 2.83. The molecule has 0 aliphatic rings. The number of aliphatic hydroxyl groups excluding tert-OH is 1. The van der Waals surface area contributed by atoms with E-state index in [1.807, 2.05) is 0 Å². The Balaban J connectivity index is 3.32. The molecule has 0 aromatic carbocycles. The third-order valence-electron chi connectivity index (χ3n) is 0.688. The molecule has 0 aromatic heterocycles. The second-order valence-corrected chi connectivity index (χ2v) is 1.81. The molecular weight excluding hydrogens is 128 g/mol. The summed E-state index contributed by atoms with van der Waals surface area (Å²) in [6.45, 7) is 0. The average molecular weight is 136 g/mol. The third kappa shape index (κ3) is 2.87. The number of hydrogen-bond donors (Lipinski definition) is 3. The van der Waals surface area contributed by atoms with Crippen molar-refractivity contribution >= 4 is 18.6 Å². The first-order valence-electron chi connectivity index (χ1n) is 2.20. The lowest BCUT2D eigenvalue weighted by Gasteiger charge is -1.99. The van der Waals surface area contributed by atoms with Crippen molar-refractivity contribution < 1.29 is 15.0 Å². The topological polar surface area (TPSA) is 57.5 Å². The van der Waals surface area contributed by atoms with Gasteiger partial charge in [0.2, 0.25) is 0 Å². The van der Waals surface area contributed by atoms with Crippen LogP contribution in [0.15, 0.2) is 0 Å². The van der Waals surface area contributed by atoms with Gasteiger partial charge in [0.15, 0.2) is 6.10 Å². The van der Waals surface area contributed by atoms with Crippen molar-refractivity contribution in [1.82, 2.24) is 0 Å². The molecule has 0 aliphatic heterocycles. The molecule has 0 amide bonds. The van der Waals surface area contributed by atoms with Crippen LogP contribution in [-0.2, 0) is 4.79 Å². The Morgan fingerprint density at radius 3 is 2.38 bits per heavy atom. The number of aliphatic carboxylic acids is 1. The Morgan fingerprint density at radius 1 is 1.75 bits per heavy atom. The smallest absolute Gasteiger partial charge is 0.332 e. The van der Waals surface area contributed by atoms with Crippen LogP contribution >= 0.6 is 12.6 Å². The molecule has 8 heavy (non-hydrogen) atoms. The monoisotopic (exact) mass is 136 g/mol. The molecule has 1 unspecified atom stereocenters. The van der Waals surface area contributed by atoms with Crippen LogP contribution in [0.5, 0.6) is 0 Å². The predicted octanol–water partition coefficient (Wildman–Crippen LogP) is -0.248. The minimum atomic E-state index is -1.24. The fraction of sp³-hybridized carbons (Fsp3) is 0.750. The lowest BCUT2D eigenvalue weighted by molar-refractivity contribution is -0.146. The van der Waals surface area contributed by atoms with E-state index in [9.17, 15) is 4.79 Å². The lowest BCUT2D eigenvalue weighted by Crippen LogP contribution is -2.19. The van der Waals surface area contributed by atoms with Crippen molar-refractivity contribution in [3.8, 4) is 0 Å². The van der Waals surface area contributed by atoms with Gasteiger partial charge >= 0.3 is 5.97 Å². The number of carboxylic acids is 1. The normalized spacial score (nSPS) is 13.2. The van der Waals surface area contributed by atoms with E-state index in [0.29, 0.717) is 5.75 Å². The summed E-state index contributed by atoms with van der Waals surface area (Å²) in [7, 11) is 0. The highest BCUT2D eigenvalue weighted by atomic mass is 32.1. The van der Waals surface area contributed by atoms with Crippen LogP contribution < -0.4 is 0 Å². The minimum Gasteiger partial charge on any atom is -0.479 e. The summed E-state index contributed by atoms with van der Waals surface area (Å²) in [5.41, 5.74) is 0. The zero-order valence-electron chi connectivity index (χ0n) is 4.24. The van der Waals surface area contributed by atoms with Gasteiger partial charge in [-0.05, 0) is 12.2 Å². The fourth-order valence-electron chi connectivity index (χ4n) is 0.246. The van der Waals surface area contributed by atoms with Crippen molar-refractivity contribution in [3.63, 3.8) is 0 Å². The van der Waals surface area contributed by atoms with E-state index in [-0.39, 0.29) is 6.42 Å². The molecule has 3 nitrogen and oxygen atoms in total. The molecule has 0 saturated heterocycles. The van der Waals surface area contributed by atoms with Crippen molar-refractivity contribution in [2.75, 3.05) is 5.75 Å². The van der Waals surface area contributed by atoms with Crippen LogP contribution in [0.4, 0.5) is 0 Å². The molecule has 0 heterocycles. The Kier molecular flexibility index (Phi) is 3.64. The average Bonchev–Trinajstić information content (AvgIpc) is 1.67. The maximum atomic E-state index is 9.81. The minimum absolute atomic E-state index is 0.207. The first kappa shape index (κ1) is 7.78. The molecule has 0 radical (unpaired) electrons. The van der Waals surface area contributed by atoms with Gasteiger partial charge in [-0.15, -0.1) is 0 Å². The zero-order chi connectivity index (χ0) is 6.57. The van der Waals surface area contributed by atoms with Gasteiger partial charge in [0.05, 0.1) is 0 Å². The lowest BCUT2D eigenvalue weighted by atomic mass is 10.3. The second kappa shape index (κ2) is 3.74. The molecule has 48 valence electrons. The number of hydrogen-bond acceptors (Lipinski definition) is 3. The number of aliphatic hydroxyl groups is 1. The first-order chi connectivity index (χ1) is 3.68. The molecule has 1 atom stereocenters. The number of thiol groups is 1. The van der Waals surface area contributed by atoms with Gasteiger partial charge in [-0.1, -0.05) is 0 Å². The molecule has 0 fully saturated rings. The molecule has 0 saturated carbocycles. The van der Waals surface area contributed by atoms with Crippen LogP contribution in [0, 0.1) is 0 Å². The van der Waals surface area contributed by atoms with E-state index >= 15 is 0 Å². The van der Waals surface area contributed by atoms with Gasteiger partial charge < -0.3 is 10.2 Å². The van der Waals surface area contributed by atoms with Gasteiger partial charge in [-0.3, -0.25) is 0 Å². The molecule has 0 rings (SSSR count). The Morgan fingerprint density at radius 2 is 2.25 bits per heavy atom. The van der Waals surface area contributed by atoms with E-state index in [1.165, 1.54) is 0 Å². The van der Waals surface area contributed by atoms with Crippen LogP contribution in [0.3, 0.4) is 0 Å². The van der Waals surface area contributed by atoms with Crippen LogP contribution in [-0.4, -0.2) is 28.0 Å². The second-order valence-electron chi connectivity index (χ2n) is 1.37. The maximum absolute atomic E-state index is 9.81. The number of carboxylic acid groups (broad SMARTS) is 1. The van der Waals surface area contributed by atoms with Crippen LogP contribution in [0.2, 0.25) is 0 Å². The summed E-state index contributed by atoms with van der Waals surface area (Å²) < 4.78 is 0. The molecule has 0 aliphatic carbocycles. The molecule has 0 spiro atoms. The summed E-state index contributed by atoms with van der Waals surface area (Å²) in [6, 6.07) is 0. The summed E-state index contributed by atoms with van der Waals surface area (Å²) in [5.74, 6) is -0.785. The molecule has 0 bridgehead atoms. The Labute approximate surface area is 52.7 Å². The van der Waals surface area contributed by atoms with Gasteiger partial charge in [0.1, 0.15) is 0 Å². The summed E-state index contributed by atoms with van der Waals surface area (Å²) in [5, 5.41) is 16.5. The van der Waals surface area contributed by atoms with Crippen LogP contribution in [0.1, 0.15) is 6.42 Å². The van der Waals surface area contributed by atoms with Gasteiger partial charge in [0, 0.05) is 0 Å². The van der Waals surface area contributed by atoms with Crippen molar-refractivity contribution in [2.45, 2.75) is 12.5 Å². The molecular formula is C4H8O3S. The standard InChI is InChI=1S/C4H8O3S/c5-3(1-2-8)4(6)7/h3,5,8H,1-2H2,(H,6,7). The largest absolute Gasteiger partial charge is 0.479 e. The van der Waals surface area contributed by atoms with Crippen molar-refractivity contribution in [2.24, 2.45) is 0 Å². The van der Waals surface area contributed by atoms with Crippen LogP contribution in [0.25, 0.3) is 0 Å². The summed E-state index contributed by atoms with van der Waals surface area (Å²) in [6.07, 6.45) is -1.04. The quantitative estimate of drug-likeness (QED) is 0.469. The predicted molar refractivity (Wildman–Crippen MR) is 32.1 cm³/mol. The highest BCUT2D eigenvalue weighted by Gasteiger charge is 2.09. The SMILES string of the molecule is O=C(O)C(O)CCS. The molecule has 0 aromatic rings. The zero-order valence-corrected chi connectivity index (χ0v) is 5.14. The van der Waals surface area contributed by atoms with Gasteiger partial charge in [-0.25, -0.2) is 4.79 Å². The highest BCUT2D eigenvalue weighted by molar-refractivity contribution is 7.80. The van der Waals surface area contributed by atoms with E-state index in [2.05, 4.69) is 12.6 Å². The summed E-state index contributed by atoms with van der Waals surface area (Å²) in [4.78, 5) is 9.81. The fourth-order valence-corrected chi connectivity index (χ4v) is 0.490. The highest BCUT2D eigenvalue weighted by Crippen LogP contribution is 1.91. The van der Waals surface area contributed by atoms with Crippen molar-refractivity contribution in [1.29, 1.82) is 0 Å². The summed E-state index contributed by atoms with van der Waals surface area (Å²) >= 11 is 3.73. The van der Waals surface area contributed by atoms with Gasteiger partial charge in [0.25, 0.3) is 0 Å². The van der Waals surface area contributed by atoms with E-state index in [1.54, 1.807) is 0 Å².